The van der Waals surface area contributed by atoms with Gasteiger partial charge < -0.3 is 19.6 Å². The SMILES string of the molecule is COC(=O)C(CCCNC(=O)OC(C)(C)C)C(=O)ON. The molecule has 1 atom stereocenters. The van der Waals surface area contributed by atoms with E-state index in [4.69, 9.17) is 10.6 Å². The number of carbonyl (C=O) groups excluding carboxylic acids is 3. The predicted octanol–water partition coefficient (Wildman–Crippen LogP) is 0.497. The van der Waals surface area contributed by atoms with Crippen molar-refractivity contribution in [3.63, 3.8) is 0 Å². The van der Waals surface area contributed by atoms with E-state index in [0.717, 1.165) is 7.11 Å². The number of hydrogen-bond acceptors (Lipinski definition) is 7. The van der Waals surface area contributed by atoms with E-state index in [9.17, 15) is 14.4 Å². The molecular weight excluding hydrogens is 268 g/mol. The van der Waals surface area contributed by atoms with Crippen molar-refractivity contribution in [2.75, 3.05) is 13.7 Å². The van der Waals surface area contributed by atoms with Crippen LogP contribution in [0.3, 0.4) is 0 Å². The summed E-state index contributed by atoms with van der Waals surface area (Å²) in [6.07, 6.45) is -0.0411. The van der Waals surface area contributed by atoms with Crippen molar-refractivity contribution in [3.05, 3.63) is 0 Å². The lowest BCUT2D eigenvalue weighted by Crippen LogP contribution is -2.34. The molecular formula is C12H22N2O6. The van der Waals surface area contributed by atoms with Gasteiger partial charge in [0.05, 0.1) is 7.11 Å². The van der Waals surface area contributed by atoms with Gasteiger partial charge in [0, 0.05) is 6.54 Å². The maximum absolute atomic E-state index is 11.3. The predicted molar refractivity (Wildman–Crippen MR) is 69.3 cm³/mol. The summed E-state index contributed by atoms with van der Waals surface area (Å²) in [4.78, 5) is 38.0. The normalized spacial score (nSPS) is 12.2. The van der Waals surface area contributed by atoms with E-state index in [0.29, 0.717) is 6.42 Å². The van der Waals surface area contributed by atoms with Gasteiger partial charge in [-0.05, 0) is 33.6 Å². The molecule has 1 amide bonds. The Hall–Kier alpha value is -1.83. The molecule has 116 valence electrons. The van der Waals surface area contributed by atoms with Crippen LogP contribution in [0, 0.1) is 5.92 Å². The van der Waals surface area contributed by atoms with Crippen molar-refractivity contribution in [2.24, 2.45) is 11.8 Å². The van der Waals surface area contributed by atoms with E-state index in [1.807, 2.05) is 0 Å². The molecule has 0 aliphatic heterocycles. The molecule has 0 saturated carbocycles. The first-order valence-electron chi connectivity index (χ1n) is 6.16. The molecule has 8 heteroatoms. The molecule has 0 saturated heterocycles. The van der Waals surface area contributed by atoms with Crippen molar-refractivity contribution < 1.29 is 28.7 Å². The Morgan fingerprint density at radius 2 is 1.80 bits per heavy atom. The van der Waals surface area contributed by atoms with Gasteiger partial charge in [-0.3, -0.25) is 4.79 Å². The lowest BCUT2D eigenvalue weighted by Gasteiger charge is -2.19. The van der Waals surface area contributed by atoms with Crippen LogP contribution in [0.25, 0.3) is 0 Å². The smallest absolute Gasteiger partial charge is 0.407 e. The molecule has 0 fully saturated rings. The quantitative estimate of drug-likeness (QED) is 0.316. The Morgan fingerprint density at radius 3 is 2.25 bits per heavy atom. The number of nitrogens with two attached hydrogens (primary N) is 1. The third-order valence-corrected chi connectivity index (χ3v) is 2.22. The number of methoxy groups -OCH3 is 1. The van der Waals surface area contributed by atoms with Crippen LogP contribution in [-0.2, 0) is 23.9 Å². The summed E-state index contributed by atoms with van der Waals surface area (Å²) in [6.45, 7) is 5.49. The zero-order valence-corrected chi connectivity index (χ0v) is 12.2. The fourth-order valence-electron chi connectivity index (χ4n) is 1.37. The molecule has 3 N–H and O–H groups in total. The molecule has 0 aliphatic rings. The second kappa shape index (κ2) is 8.36. The van der Waals surface area contributed by atoms with E-state index in [2.05, 4.69) is 14.9 Å². The van der Waals surface area contributed by atoms with Gasteiger partial charge in [0.25, 0.3) is 0 Å². The Balaban J connectivity index is 4.10. The number of alkyl carbamates (subject to hydrolysis) is 1. The summed E-state index contributed by atoms with van der Waals surface area (Å²) >= 11 is 0. The first kappa shape index (κ1) is 18.2. The summed E-state index contributed by atoms with van der Waals surface area (Å²) in [5.41, 5.74) is -0.581. The van der Waals surface area contributed by atoms with E-state index < -0.39 is 29.6 Å². The molecule has 0 aromatic heterocycles. The average molecular weight is 290 g/mol. The van der Waals surface area contributed by atoms with E-state index in [1.54, 1.807) is 20.8 Å². The van der Waals surface area contributed by atoms with Crippen LogP contribution in [0.1, 0.15) is 33.6 Å². The Bertz CT molecular complexity index is 334. The summed E-state index contributed by atoms with van der Waals surface area (Å²) in [7, 11) is 1.16. The molecule has 0 spiro atoms. The van der Waals surface area contributed by atoms with Gasteiger partial charge >= 0.3 is 18.0 Å². The van der Waals surface area contributed by atoms with Gasteiger partial charge in [-0.25, -0.2) is 9.59 Å². The molecule has 1 unspecified atom stereocenters. The zero-order valence-electron chi connectivity index (χ0n) is 12.2. The third kappa shape index (κ3) is 7.57. The van der Waals surface area contributed by atoms with Crippen molar-refractivity contribution in [2.45, 2.75) is 39.2 Å². The molecule has 0 aromatic carbocycles. The van der Waals surface area contributed by atoms with Crippen LogP contribution < -0.4 is 11.2 Å². The molecule has 0 heterocycles. The number of amides is 1. The van der Waals surface area contributed by atoms with E-state index in [1.165, 1.54) is 0 Å². The van der Waals surface area contributed by atoms with Gasteiger partial charge in [-0.15, -0.1) is 0 Å². The molecule has 0 radical (unpaired) electrons. The molecule has 0 aromatic rings. The number of esters is 1. The maximum atomic E-state index is 11.3. The second-order valence-electron chi connectivity index (χ2n) is 5.08. The fourth-order valence-corrected chi connectivity index (χ4v) is 1.37. The lowest BCUT2D eigenvalue weighted by atomic mass is 10.0. The van der Waals surface area contributed by atoms with Crippen molar-refractivity contribution in [1.82, 2.24) is 5.32 Å². The van der Waals surface area contributed by atoms with Crippen LogP contribution in [0.5, 0.6) is 0 Å². The monoisotopic (exact) mass is 290 g/mol. The minimum atomic E-state index is -1.09. The van der Waals surface area contributed by atoms with Gasteiger partial charge in [0.1, 0.15) is 5.60 Å². The molecule has 0 aliphatic carbocycles. The van der Waals surface area contributed by atoms with Crippen LogP contribution in [0.4, 0.5) is 4.79 Å². The summed E-state index contributed by atoms with van der Waals surface area (Å²) in [5, 5.41) is 2.51. The van der Waals surface area contributed by atoms with E-state index in [-0.39, 0.29) is 13.0 Å². The highest BCUT2D eigenvalue weighted by atomic mass is 16.7. The van der Waals surface area contributed by atoms with E-state index >= 15 is 0 Å². The number of nitrogens with one attached hydrogen (secondary N) is 1. The third-order valence-electron chi connectivity index (χ3n) is 2.22. The Kier molecular flexibility index (Phi) is 7.60. The second-order valence-corrected chi connectivity index (χ2v) is 5.08. The highest BCUT2D eigenvalue weighted by Gasteiger charge is 2.28. The van der Waals surface area contributed by atoms with Crippen molar-refractivity contribution in [1.29, 1.82) is 0 Å². The van der Waals surface area contributed by atoms with Gasteiger partial charge in [0.2, 0.25) is 0 Å². The molecule has 20 heavy (non-hydrogen) atoms. The first-order valence-corrected chi connectivity index (χ1v) is 6.16. The largest absolute Gasteiger partial charge is 0.468 e. The van der Waals surface area contributed by atoms with Crippen LogP contribution in [-0.4, -0.2) is 37.3 Å². The minimum Gasteiger partial charge on any atom is -0.468 e. The molecule has 0 rings (SSSR count). The van der Waals surface area contributed by atoms with Gasteiger partial charge in [-0.2, -0.15) is 5.90 Å². The highest BCUT2D eigenvalue weighted by molar-refractivity contribution is 5.94. The topological polar surface area (TPSA) is 117 Å². The van der Waals surface area contributed by atoms with Crippen LogP contribution in [0.15, 0.2) is 0 Å². The molecule has 0 bridgehead atoms. The van der Waals surface area contributed by atoms with Crippen molar-refractivity contribution in [3.8, 4) is 0 Å². The fraction of sp³-hybridized carbons (Fsp3) is 0.750. The Labute approximate surface area is 117 Å². The highest BCUT2D eigenvalue weighted by Crippen LogP contribution is 2.10. The zero-order chi connectivity index (χ0) is 15.8. The van der Waals surface area contributed by atoms with Crippen molar-refractivity contribution >= 4 is 18.0 Å². The van der Waals surface area contributed by atoms with Gasteiger partial charge in [0.15, 0.2) is 5.92 Å². The minimum absolute atomic E-state index is 0.151. The lowest BCUT2D eigenvalue weighted by molar-refractivity contribution is -0.161. The number of ether oxygens (including phenoxy) is 2. The standard InChI is InChI=1S/C12H22N2O6/c1-12(2,3)19-11(17)14-7-5-6-8(9(15)18-4)10(16)20-13/h8H,5-7,13H2,1-4H3,(H,14,17). The average Bonchev–Trinajstić information content (AvgIpc) is 2.35. The summed E-state index contributed by atoms with van der Waals surface area (Å²) in [5.74, 6) is 2.06. The van der Waals surface area contributed by atoms with Crippen LogP contribution >= 0.6 is 0 Å². The first-order chi connectivity index (χ1) is 9.21. The number of rotatable bonds is 6. The number of carbonyl (C=O) groups is 3. The maximum Gasteiger partial charge on any atom is 0.407 e. The Morgan fingerprint density at radius 1 is 1.20 bits per heavy atom. The summed E-state index contributed by atoms with van der Waals surface area (Å²) < 4.78 is 9.50. The van der Waals surface area contributed by atoms with Gasteiger partial charge in [-0.1, -0.05) is 0 Å². The summed E-state index contributed by atoms with van der Waals surface area (Å²) in [6, 6.07) is 0. The number of hydrogen-bond donors (Lipinski definition) is 2. The van der Waals surface area contributed by atoms with Crippen LogP contribution in [0.2, 0.25) is 0 Å². The molecule has 8 nitrogen and oxygen atoms in total.